The Bertz CT molecular complexity index is 581. The molecule has 0 fully saturated rings. The summed E-state index contributed by atoms with van der Waals surface area (Å²) in [5, 5.41) is 9.64. The number of phenols is 1. The number of ether oxygens (including phenoxy) is 1. The monoisotopic (exact) mass is 271 g/mol. The van der Waals surface area contributed by atoms with Gasteiger partial charge in [0.2, 0.25) is 0 Å². The highest BCUT2D eigenvalue weighted by molar-refractivity contribution is 5.50. The molecule has 0 aliphatic rings. The first-order valence-corrected chi connectivity index (χ1v) is 6.81. The highest BCUT2D eigenvalue weighted by Gasteiger charge is 2.08. The summed E-state index contributed by atoms with van der Waals surface area (Å²) >= 11 is 0. The molecule has 0 heterocycles. The molecule has 0 radical (unpaired) electrons. The standard InChI is InChI=1S/C17H21NO2/c1-4-18(15-7-5-6-13(2)10-15)12-14-8-9-16(19)17(11-14)20-3/h5-11,19H,4,12H2,1-3H3. The molecule has 1 N–H and O–H groups in total. The Balaban J connectivity index is 2.22. The average molecular weight is 271 g/mol. The van der Waals surface area contributed by atoms with Gasteiger partial charge in [0.05, 0.1) is 7.11 Å². The molecule has 0 amide bonds. The molecule has 0 aliphatic heterocycles. The molecular formula is C17H21NO2. The fourth-order valence-corrected chi connectivity index (χ4v) is 2.25. The van der Waals surface area contributed by atoms with Gasteiger partial charge in [0.1, 0.15) is 0 Å². The van der Waals surface area contributed by atoms with Crippen LogP contribution in [0.5, 0.6) is 11.5 Å². The van der Waals surface area contributed by atoms with Gasteiger partial charge < -0.3 is 14.7 Å². The third kappa shape index (κ3) is 3.23. The fraction of sp³-hybridized carbons (Fsp3) is 0.294. The van der Waals surface area contributed by atoms with E-state index >= 15 is 0 Å². The number of anilines is 1. The molecule has 3 heteroatoms. The number of methoxy groups -OCH3 is 1. The summed E-state index contributed by atoms with van der Waals surface area (Å²) in [7, 11) is 1.57. The first-order chi connectivity index (χ1) is 9.63. The van der Waals surface area contributed by atoms with E-state index in [0.29, 0.717) is 5.75 Å². The quantitative estimate of drug-likeness (QED) is 0.899. The number of rotatable bonds is 5. The Hall–Kier alpha value is -2.16. The molecule has 2 aromatic carbocycles. The topological polar surface area (TPSA) is 32.7 Å². The van der Waals surface area contributed by atoms with E-state index in [0.717, 1.165) is 18.7 Å². The van der Waals surface area contributed by atoms with Gasteiger partial charge in [-0.1, -0.05) is 18.2 Å². The van der Waals surface area contributed by atoms with Crippen LogP contribution >= 0.6 is 0 Å². The molecule has 3 nitrogen and oxygen atoms in total. The third-order valence-electron chi connectivity index (χ3n) is 3.37. The molecule has 0 spiro atoms. The number of aromatic hydroxyl groups is 1. The van der Waals surface area contributed by atoms with Crippen molar-refractivity contribution in [2.75, 3.05) is 18.6 Å². The van der Waals surface area contributed by atoms with Gasteiger partial charge in [-0.05, 0) is 49.2 Å². The van der Waals surface area contributed by atoms with Crippen molar-refractivity contribution < 1.29 is 9.84 Å². The zero-order chi connectivity index (χ0) is 14.5. The molecule has 106 valence electrons. The van der Waals surface area contributed by atoms with Crippen LogP contribution in [-0.4, -0.2) is 18.8 Å². The molecule has 2 aromatic rings. The van der Waals surface area contributed by atoms with Gasteiger partial charge in [0, 0.05) is 18.8 Å². The predicted octanol–water partition coefficient (Wildman–Crippen LogP) is 3.74. The first kappa shape index (κ1) is 14.3. The second-order valence-corrected chi connectivity index (χ2v) is 4.86. The molecule has 0 bridgehead atoms. The lowest BCUT2D eigenvalue weighted by molar-refractivity contribution is 0.373. The van der Waals surface area contributed by atoms with Gasteiger partial charge >= 0.3 is 0 Å². The normalized spacial score (nSPS) is 10.3. The number of hydrogen-bond acceptors (Lipinski definition) is 3. The zero-order valence-corrected chi connectivity index (χ0v) is 12.3. The zero-order valence-electron chi connectivity index (χ0n) is 12.3. The Kier molecular flexibility index (Phi) is 4.51. The Labute approximate surface area is 120 Å². The van der Waals surface area contributed by atoms with Gasteiger partial charge in [-0.2, -0.15) is 0 Å². The Morgan fingerprint density at radius 2 is 1.95 bits per heavy atom. The second kappa shape index (κ2) is 6.33. The minimum absolute atomic E-state index is 0.176. The van der Waals surface area contributed by atoms with E-state index in [1.165, 1.54) is 11.3 Å². The van der Waals surface area contributed by atoms with Crippen molar-refractivity contribution in [1.29, 1.82) is 0 Å². The summed E-state index contributed by atoms with van der Waals surface area (Å²) in [6, 6.07) is 14.0. The van der Waals surface area contributed by atoms with E-state index in [4.69, 9.17) is 4.74 Å². The lowest BCUT2D eigenvalue weighted by Gasteiger charge is -2.24. The van der Waals surface area contributed by atoms with Crippen molar-refractivity contribution in [3.63, 3.8) is 0 Å². The lowest BCUT2D eigenvalue weighted by atomic mass is 10.1. The third-order valence-corrected chi connectivity index (χ3v) is 3.37. The van der Waals surface area contributed by atoms with E-state index in [9.17, 15) is 5.11 Å². The minimum Gasteiger partial charge on any atom is -0.504 e. The summed E-state index contributed by atoms with van der Waals surface area (Å²) in [6.07, 6.45) is 0. The van der Waals surface area contributed by atoms with E-state index in [1.807, 2.05) is 12.1 Å². The first-order valence-electron chi connectivity index (χ1n) is 6.81. The molecule has 0 aromatic heterocycles. The molecule has 2 rings (SSSR count). The van der Waals surface area contributed by atoms with Crippen molar-refractivity contribution in [2.45, 2.75) is 20.4 Å². The average Bonchev–Trinajstić information content (AvgIpc) is 2.46. The van der Waals surface area contributed by atoms with Gasteiger partial charge in [-0.15, -0.1) is 0 Å². The maximum absolute atomic E-state index is 9.64. The largest absolute Gasteiger partial charge is 0.504 e. The molecule has 0 unspecified atom stereocenters. The summed E-state index contributed by atoms with van der Waals surface area (Å²) in [5.41, 5.74) is 3.58. The van der Waals surface area contributed by atoms with Gasteiger partial charge in [0.15, 0.2) is 11.5 Å². The molecule has 0 aliphatic carbocycles. The summed E-state index contributed by atoms with van der Waals surface area (Å²) < 4.78 is 5.16. The van der Waals surface area contributed by atoms with E-state index in [1.54, 1.807) is 13.2 Å². The summed E-state index contributed by atoms with van der Waals surface area (Å²) in [4.78, 5) is 2.29. The number of nitrogens with zero attached hydrogens (tertiary/aromatic N) is 1. The van der Waals surface area contributed by atoms with Crippen LogP contribution in [0.15, 0.2) is 42.5 Å². The molecule has 20 heavy (non-hydrogen) atoms. The smallest absolute Gasteiger partial charge is 0.160 e. The molecular weight excluding hydrogens is 250 g/mol. The van der Waals surface area contributed by atoms with Crippen LogP contribution in [0.25, 0.3) is 0 Å². The lowest BCUT2D eigenvalue weighted by Crippen LogP contribution is -2.21. The maximum atomic E-state index is 9.64. The van der Waals surface area contributed by atoms with Gasteiger partial charge in [-0.3, -0.25) is 0 Å². The van der Waals surface area contributed by atoms with E-state index in [-0.39, 0.29) is 5.75 Å². The summed E-state index contributed by atoms with van der Waals surface area (Å²) in [5.74, 6) is 0.692. The van der Waals surface area contributed by atoms with Crippen LogP contribution in [0.4, 0.5) is 5.69 Å². The number of hydrogen-bond donors (Lipinski definition) is 1. The predicted molar refractivity (Wildman–Crippen MR) is 82.6 cm³/mol. The summed E-state index contributed by atoms with van der Waals surface area (Å²) in [6.45, 7) is 5.95. The van der Waals surface area contributed by atoms with E-state index in [2.05, 4.69) is 43.0 Å². The number of phenolic OH excluding ortho intramolecular Hbond substituents is 1. The second-order valence-electron chi connectivity index (χ2n) is 4.86. The van der Waals surface area contributed by atoms with E-state index < -0.39 is 0 Å². The Morgan fingerprint density at radius 3 is 2.60 bits per heavy atom. The van der Waals surface area contributed by atoms with Crippen molar-refractivity contribution >= 4 is 5.69 Å². The van der Waals surface area contributed by atoms with Crippen LogP contribution in [-0.2, 0) is 6.54 Å². The van der Waals surface area contributed by atoms with Crippen LogP contribution in [0.1, 0.15) is 18.1 Å². The van der Waals surface area contributed by atoms with Crippen molar-refractivity contribution in [3.8, 4) is 11.5 Å². The maximum Gasteiger partial charge on any atom is 0.160 e. The Morgan fingerprint density at radius 1 is 1.15 bits per heavy atom. The number of aryl methyl sites for hydroxylation is 1. The molecule has 0 atom stereocenters. The number of benzene rings is 2. The van der Waals surface area contributed by atoms with Gasteiger partial charge in [-0.25, -0.2) is 0 Å². The minimum atomic E-state index is 0.176. The van der Waals surface area contributed by atoms with Gasteiger partial charge in [0.25, 0.3) is 0 Å². The van der Waals surface area contributed by atoms with Crippen molar-refractivity contribution in [2.24, 2.45) is 0 Å². The highest BCUT2D eigenvalue weighted by Crippen LogP contribution is 2.27. The van der Waals surface area contributed by atoms with Crippen molar-refractivity contribution in [3.05, 3.63) is 53.6 Å². The van der Waals surface area contributed by atoms with Crippen LogP contribution in [0.2, 0.25) is 0 Å². The molecule has 0 saturated heterocycles. The fourth-order valence-electron chi connectivity index (χ4n) is 2.25. The van der Waals surface area contributed by atoms with Crippen LogP contribution in [0, 0.1) is 6.92 Å². The van der Waals surface area contributed by atoms with Crippen LogP contribution < -0.4 is 9.64 Å². The van der Waals surface area contributed by atoms with Crippen molar-refractivity contribution in [1.82, 2.24) is 0 Å². The SMILES string of the molecule is CCN(Cc1ccc(O)c(OC)c1)c1cccc(C)c1. The molecule has 0 saturated carbocycles. The van der Waals surface area contributed by atoms with Crippen LogP contribution in [0.3, 0.4) is 0 Å². The highest BCUT2D eigenvalue weighted by atomic mass is 16.5.